The molecule has 0 bridgehead atoms. The van der Waals surface area contributed by atoms with Gasteiger partial charge in [-0.2, -0.15) is 4.98 Å². The molecule has 0 atom stereocenters. The van der Waals surface area contributed by atoms with Gasteiger partial charge >= 0.3 is 11.8 Å². The lowest BCUT2D eigenvalue weighted by Crippen LogP contribution is -2.35. The van der Waals surface area contributed by atoms with Crippen molar-refractivity contribution in [1.82, 2.24) is 20.8 Å². The maximum Gasteiger partial charge on any atom is 0.315 e. The summed E-state index contributed by atoms with van der Waals surface area (Å²) < 4.78 is 10.2. The van der Waals surface area contributed by atoms with Crippen LogP contribution in [0.25, 0.3) is 0 Å². The van der Waals surface area contributed by atoms with Crippen LogP contribution in [0.5, 0.6) is 5.75 Å². The number of nitrogens with one attached hydrogen (secondary N) is 2. The van der Waals surface area contributed by atoms with Gasteiger partial charge < -0.3 is 19.9 Å². The van der Waals surface area contributed by atoms with Crippen LogP contribution in [0.2, 0.25) is 5.02 Å². The molecule has 3 rings (SSSR count). The van der Waals surface area contributed by atoms with Gasteiger partial charge in [0.25, 0.3) is 5.91 Å². The predicted molar refractivity (Wildman–Crippen MR) is 103 cm³/mol. The molecule has 1 fully saturated rings. The van der Waals surface area contributed by atoms with Gasteiger partial charge in [0, 0.05) is 24.0 Å². The highest BCUT2D eigenvalue weighted by atomic mass is 35.5. The summed E-state index contributed by atoms with van der Waals surface area (Å²) >= 11 is 5.93. The number of aromatic nitrogens is 2. The summed E-state index contributed by atoms with van der Waals surface area (Å²) in [5.41, 5.74) is 0.329. The van der Waals surface area contributed by atoms with E-state index in [1.807, 2.05) is 0 Å². The highest BCUT2D eigenvalue weighted by Gasteiger charge is 2.23. The molecule has 1 aliphatic carbocycles. The van der Waals surface area contributed by atoms with Crippen LogP contribution in [0, 0.1) is 0 Å². The van der Waals surface area contributed by atoms with Gasteiger partial charge in [0.05, 0.1) is 12.7 Å². The Labute approximate surface area is 168 Å². The highest BCUT2D eigenvalue weighted by Crippen LogP contribution is 2.30. The quantitative estimate of drug-likeness (QED) is 0.684. The van der Waals surface area contributed by atoms with Crippen molar-refractivity contribution in [2.75, 3.05) is 20.2 Å². The normalized spacial score (nSPS) is 14.5. The second-order valence-electron chi connectivity index (χ2n) is 6.65. The lowest BCUT2D eigenvalue weighted by atomic mass is 9.89. The number of hydrogen-bond donors (Lipinski definition) is 2. The molecule has 2 amide bonds. The third-order valence-corrected chi connectivity index (χ3v) is 4.94. The second-order valence-corrected chi connectivity index (χ2v) is 7.09. The molecule has 0 unspecified atom stereocenters. The molecule has 0 spiro atoms. The number of methoxy groups -OCH3 is 1. The molecule has 0 aliphatic heterocycles. The van der Waals surface area contributed by atoms with E-state index in [4.69, 9.17) is 20.9 Å². The fourth-order valence-electron chi connectivity index (χ4n) is 3.23. The minimum absolute atomic E-state index is 0.0524. The van der Waals surface area contributed by atoms with Crippen molar-refractivity contribution in [3.63, 3.8) is 0 Å². The molecule has 2 aromatic rings. The smallest absolute Gasteiger partial charge is 0.315 e. The monoisotopic (exact) mass is 406 g/mol. The summed E-state index contributed by atoms with van der Waals surface area (Å²) in [7, 11) is 1.48. The van der Waals surface area contributed by atoms with Crippen LogP contribution in [0.4, 0.5) is 0 Å². The van der Waals surface area contributed by atoms with Crippen molar-refractivity contribution in [2.24, 2.45) is 0 Å². The number of ether oxygens (including phenoxy) is 1. The van der Waals surface area contributed by atoms with E-state index in [0.29, 0.717) is 22.2 Å². The Morgan fingerprint density at radius 1 is 1.18 bits per heavy atom. The first kappa shape index (κ1) is 20.1. The lowest BCUT2D eigenvalue weighted by molar-refractivity contribution is 0.0897. The fraction of sp³-hybridized carbons (Fsp3) is 0.474. The van der Waals surface area contributed by atoms with Gasteiger partial charge in [0.2, 0.25) is 0 Å². The molecule has 1 saturated carbocycles. The second kappa shape index (κ2) is 9.54. The molecule has 0 saturated heterocycles. The third-order valence-electron chi connectivity index (χ3n) is 4.71. The highest BCUT2D eigenvalue weighted by molar-refractivity contribution is 6.31. The molecule has 2 N–H and O–H groups in total. The summed E-state index contributed by atoms with van der Waals surface area (Å²) in [6.07, 6.45) is 5.59. The zero-order valence-corrected chi connectivity index (χ0v) is 16.4. The van der Waals surface area contributed by atoms with Gasteiger partial charge in [0.15, 0.2) is 5.82 Å². The summed E-state index contributed by atoms with van der Waals surface area (Å²) in [4.78, 5) is 28.6. The number of amides is 2. The van der Waals surface area contributed by atoms with E-state index in [1.54, 1.807) is 12.1 Å². The van der Waals surface area contributed by atoms with Gasteiger partial charge in [-0.25, -0.2) is 0 Å². The summed E-state index contributed by atoms with van der Waals surface area (Å²) in [5, 5.41) is 9.74. The number of nitrogens with zero attached hydrogens (tertiary/aromatic N) is 2. The number of halogens is 1. The average Bonchev–Trinajstić information content (AvgIpc) is 3.22. The SMILES string of the molecule is COc1ccc(Cl)cc1C(=O)NCCNC(=O)c1nc(C2CCCCC2)no1. The van der Waals surface area contributed by atoms with Crippen LogP contribution in [0.15, 0.2) is 22.7 Å². The molecule has 1 aromatic heterocycles. The molecule has 1 aliphatic rings. The van der Waals surface area contributed by atoms with Crippen molar-refractivity contribution >= 4 is 23.4 Å². The number of hydrogen-bond acceptors (Lipinski definition) is 6. The van der Waals surface area contributed by atoms with Crippen molar-refractivity contribution in [3.8, 4) is 5.75 Å². The van der Waals surface area contributed by atoms with Crippen LogP contribution < -0.4 is 15.4 Å². The first-order chi connectivity index (χ1) is 13.6. The summed E-state index contributed by atoms with van der Waals surface area (Å²) in [5.74, 6) is 0.447. The Hall–Kier alpha value is -2.61. The van der Waals surface area contributed by atoms with E-state index in [1.165, 1.54) is 19.6 Å². The molecule has 28 heavy (non-hydrogen) atoms. The van der Waals surface area contributed by atoms with Crippen LogP contribution in [-0.2, 0) is 0 Å². The average molecular weight is 407 g/mol. The van der Waals surface area contributed by atoms with Gasteiger partial charge in [-0.15, -0.1) is 0 Å². The van der Waals surface area contributed by atoms with Crippen LogP contribution in [0.3, 0.4) is 0 Å². The largest absolute Gasteiger partial charge is 0.496 e. The standard InChI is InChI=1S/C19H23ClN4O4/c1-27-15-8-7-13(20)11-14(15)17(25)21-9-10-22-18(26)19-23-16(24-28-19)12-5-3-2-4-6-12/h7-8,11-12H,2-6,9-10H2,1H3,(H,21,25)(H,22,26). The Morgan fingerprint density at radius 2 is 1.89 bits per heavy atom. The number of carbonyl (C=O) groups excluding carboxylic acids is 2. The molecule has 8 nitrogen and oxygen atoms in total. The van der Waals surface area contributed by atoms with Crippen molar-refractivity contribution in [3.05, 3.63) is 40.5 Å². The van der Waals surface area contributed by atoms with Crippen molar-refractivity contribution in [1.29, 1.82) is 0 Å². The first-order valence-corrected chi connectivity index (χ1v) is 9.70. The van der Waals surface area contributed by atoms with E-state index >= 15 is 0 Å². The zero-order chi connectivity index (χ0) is 19.9. The molecule has 0 radical (unpaired) electrons. The molecular formula is C19H23ClN4O4. The zero-order valence-electron chi connectivity index (χ0n) is 15.7. The maximum atomic E-state index is 12.3. The van der Waals surface area contributed by atoms with Gasteiger partial charge in [-0.1, -0.05) is 36.0 Å². The fourth-order valence-corrected chi connectivity index (χ4v) is 3.41. The van der Waals surface area contributed by atoms with Crippen molar-refractivity contribution in [2.45, 2.75) is 38.0 Å². The van der Waals surface area contributed by atoms with E-state index < -0.39 is 5.91 Å². The number of carbonyl (C=O) groups is 2. The van der Waals surface area contributed by atoms with E-state index in [9.17, 15) is 9.59 Å². The predicted octanol–water partition coefficient (Wildman–Crippen LogP) is 2.94. The topological polar surface area (TPSA) is 106 Å². The van der Waals surface area contributed by atoms with Crippen LogP contribution in [-0.4, -0.2) is 42.2 Å². The molecule has 1 aromatic carbocycles. The lowest BCUT2D eigenvalue weighted by Gasteiger charge is -2.17. The minimum Gasteiger partial charge on any atom is -0.496 e. The van der Waals surface area contributed by atoms with Crippen molar-refractivity contribution < 1.29 is 18.8 Å². The summed E-state index contributed by atoms with van der Waals surface area (Å²) in [6, 6.07) is 4.79. The van der Waals surface area contributed by atoms with Crippen LogP contribution >= 0.6 is 11.6 Å². The molecular weight excluding hydrogens is 384 g/mol. The Bertz CT molecular complexity index is 833. The Kier molecular flexibility index (Phi) is 6.86. The Balaban J connectivity index is 1.46. The number of benzene rings is 1. The Morgan fingerprint density at radius 3 is 2.61 bits per heavy atom. The van der Waals surface area contributed by atoms with E-state index in [2.05, 4.69) is 20.8 Å². The molecule has 9 heteroatoms. The van der Waals surface area contributed by atoms with E-state index in [-0.39, 0.29) is 30.8 Å². The first-order valence-electron chi connectivity index (χ1n) is 9.32. The van der Waals surface area contributed by atoms with Gasteiger partial charge in [0.1, 0.15) is 5.75 Å². The minimum atomic E-state index is -0.454. The number of rotatable bonds is 7. The van der Waals surface area contributed by atoms with E-state index in [0.717, 1.165) is 25.7 Å². The van der Waals surface area contributed by atoms with Gasteiger partial charge in [-0.05, 0) is 31.0 Å². The maximum absolute atomic E-state index is 12.3. The third kappa shape index (κ3) is 5.01. The van der Waals surface area contributed by atoms with Gasteiger partial charge in [-0.3, -0.25) is 9.59 Å². The molecule has 150 valence electrons. The summed E-state index contributed by atoms with van der Waals surface area (Å²) in [6.45, 7) is 0.443. The van der Waals surface area contributed by atoms with Crippen LogP contribution in [0.1, 0.15) is 64.9 Å². The molecule has 1 heterocycles.